The van der Waals surface area contributed by atoms with E-state index in [0.29, 0.717) is 23.7 Å². The zero-order valence-corrected chi connectivity index (χ0v) is 16.5. The Hall–Kier alpha value is -1.98. The van der Waals surface area contributed by atoms with Crippen LogP contribution in [0.4, 0.5) is 0 Å². The van der Waals surface area contributed by atoms with Gasteiger partial charge in [-0.1, -0.05) is 48.0 Å². The molecule has 2 aromatic carbocycles. The first-order chi connectivity index (χ1) is 12.5. The van der Waals surface area contributed by atoms with Gasteiger partial charge < -0.3 is 10.2 Å². The van der Waals surface area contributed by atoms with E-state index >= 15 is 0 Å². The molecule has 0 aromatic heterocycles. The van der Waals surface area contributed by atoms with Crippen molar-refractivity contribution in [3.8, 4) is 0 Å². The maximum absolute atomic E-state index is 12.8. The monoisotopic (exact) mass is 390 g/mol. The molecule has 0 heterocycles. The van der Waals surface area contributed by atoms with Gasteiger partial charge in [-0.3, -0.25) is 9.59 Å². The van der Waals surface area contributed by atoms with Crippen LogP contribution >= 0.6 is 23.4 Å². The molecule has 0 fully saturated rings. The molecule has 6 heteroatoms. The van der Waals surface area contributed by atoms with E-state index in [4.69, 9.17) is 11.6 Å². The highest BCUT2D eigenvalue weighted by molar-refractivity contribution is 7.99. The topological polar surface area (TPSA) is 49.4 Å². The number of nitrogens with one attached hydrogen (secondary N) is 1. The van der Waals surface area contributed by atoms with Crippen LogP contribution in [0.5, 0.6) is 0 Å². The van der Waals surface area contributed by atoms with Gasteiger partial charge in [0.15, 0.2) is 0 Å². The van der Waals surface area contributed by atoms with Crippen LogP contribution in [0.15, 0.2) is 59.5 Å². The first kappa shape index (κ1) is 20.3. The van der Waals surface area contributed by atoms with Gasteiger partial charge in [0.2, 0.25) is 11.8 Å². The van der Waals surface area contributed by atoms with Gasteiger partial charge in [-0.25, -0.2) is 0 Å². The Balaban J connectivity index is 2.05. The second kappa shape index (κ2) is 10.2. The normalized spacial score (nSPS) is 11.7. The summed E-state index contributed by atoms with van der Waals surface area (Å²) in [5, 5.41) is 3.20. The van der Waals surface area contributed by atoms with Gasteiger partial charge in [0, 0.05) is 35.7 Å². The molecule has 0 bridgehead atoms. The first-order valence-corrected chi connectivity index (χ1v) is 9.81. The van der Waals surface area contributed by atoms with Crippen molar-refractivity contribution in [2.75, 3.05) is 12.8 Å². The SMILES string of the molecule is CNC(=O)[C@@H](C)N(Cc1ccccc1Cl)C(=O)CCSc1ccccc1. The maximum atomic E-state index is 12.8. The Labute approximate surface area is 163 Å². The lowest BCUT2D eigenvalue weighted by molar-refractivity contribution is -0.140. The zero-order valence-electron chi connectivity index (χ0n) is 14.9. The second-order valence-corrected chi connectivity index (χ2v) is 7.39. The highest BCUT2D eigenvalue weighted by Crippen LogP contribution is 2.21. The van der Waals surface area contributed by atoms with Gasteiger partial charge in [0.1, 0.15) is 6.04 Å². The lowest BCUT2D eigenvalue weighted by Gasteiger charge is -2.28. The summed E-state index contributed by atoms with van der Waals surface area (Å²) < 4.78 is 0. The molecule has 138 valence electrons. The van der Waals surface area contributed by atoms with Crippen LogP contribution in [-0.4, -0.2) is 35.6 Å². The predicted molar refractivity (Wildman–Crippen MR) is 107 cm³/mol. The summed E-state index contributed by atoms with van der Waals surface area (Å²) in [5.74, 6) is 0.396. The molecule has 0 saturated carbocycles. The Morgan fingerprint density at radius 3 is 2.42 bits per heavy atom. The lowest BCUT2D eigenvalue weighted by Crippen LogP contribution is -2.46. The van der Waals surface area contributed by atoms with Crippen molar-refractivity contribution >= 4 is 35.2 Å². The van der Waals surface area contributed by atoms with Gasteiger partial charge in [0.05, 0.1) is 0 Å². The van der Waals surface area contributed by atoms with Crippen LogP contribution in [0.25, 0.3) is 0 Å². The number of carbonyl (C=O) groups excluding carboxylic acids is 2. The summed E-state index contributed by atoms with van der Waals surface area (Å²) >= 11 is 7.86. The molecular weight excluding hydrogens is 368 g/mol. The summed E-state index contributed by atoms with van der Waals surface area (Å²) in [5.41, 5.74) is 0.828. The molecule has 0 saturated heterocycles. The number of benzene rings is 2. The molecule has 0 aliphatic carbocycles. The number of amides is 2. The first-order valence-electron chi connectivity index (χ1n) is 8.45. The smallest absolute Gasteiger partial charge is 0.242 e. The van der Waals surface area contributed by atoms with E-state index in [1.54, 1.807) is 36.7 Å². The minimum atomic E-state index is -0.564. The van der Waals surface area contributed by atoms with E-state index in [9.17, 15) is 9.59 Å². The molecular formula is C20H23ClN2O2S. The van der Waals surface area contributed by atoms with E-state index in [1.165, 1.54) is 0 Å². The molecule has 26 heavy (non-hydrogen) atoms. The Kier molecular flexibility index (Phi) is 8.01. The molecule has 1 N–H and O–H groups in total. The fraction of sp³-hybridized carbons (Fsp3) is 0.300. The van der Waals surface area contributed by atoms with Crippen molar-refractivity contribution in [1.29, 1.82) is 0 Å². The fourth-order valence-corrected chi connectivity index (χ4v) is 3.58. The summed E-state index contributed by atoms with van der Waals surface area (Å²) in [6, 6.07) is 16.8. The van der Waals surface area contributed by atoms with E-state index in [0.717, 1.165) is 10.5 Å². The van der Waals surface area contributed by atoms with Crippen molar-refractivity contribution in [1.82, 2.24) is 10.2 Å². The molecule has 2 amide bonds. The molecule has 0 aliphatic heterocycles. The number of nitrogens with zero attached hydrogens (tertiary/aromatic N) is 1. The van der Waals surface area contributed by atoms with E-state index in [1.807, 2.05) is 48.5 Å². The number of thioether (sulfide) groups is 1. The Morgan fingerprint density at radius 1 is 1.12 bits per heavy atom. The van der Waals surface area contributed by atoms with Crippen molar-refractivity contribution < 1.29 is 9.59 Å². The fourth-order valence-electron chi connectivity index (χ4n) is 2.52. The van der Waals surface area contributed by atoms with Crippen molar-refractivity contribution in [2.24, 2.45) is 0 Å². The van der Waals surface area contributed by atoms with Crippen molar-refractivity contribution in [3.63, 3.8) is 0 Å². The van der Waals surface area contributed by atoms with Crippen molar-refractivity contribution in [2.45, 2.75) is 30.8 Å². The van der Waals surface area contributed by atoms with Crippen molar-refractivity contribution in [3.05, 3.63) is 65.2 Å². The molecule has 0 spiro atoms. The lowest BCUT2D eigenvalue weighted by atomic mass is 10.1. The number of hydrogen-bond acceptors (Lipinski definition) is 3. The minimum Gasteiger partial charge on any atom is -0.357 e. The largest absolute Gasteiger partial charge is 0.357 e. The average molecular weight is 391 g/mol. The van der Waals surface area contributed by atoms with Gasteiger partial charge in [-0.2, -0.15) is 0 Å². The van der Waals surface area contributed by atoms with Crippen LogP contribution in [0.2, 0.25) is 5.02 Å². The summed E-state index contributed by atoms with van der Waals surface area (Å²) in [6.45, 7) is 2.04. The molecule has 0 aliphatic rings. The van der Waals surface area contributed by atoms with E-state index in [-0.39, 0.29) is 11.8 Å². The summed E-state index contributed by atoms with van der Waals surface area (Å²) in [7, 11) is 1.57. The third-order valence-corrected chi connectivity index (χ3v) is 5.42. The predicted octanol–water partition coefficient (Wildman–Crippen LogP) is 3.99. The van der Waals surface area contributed by atoms with Crippen LogP contribution in [-0.2, 0) is 16.1 Å². The highest BCUT2D eigenvalue weighted by Gasteiger charge is 2.25. The van der Waals surface area contributed by atoms with Gasteiger partial charge >= 0.3 is 0 Å². The molecule has 0 unspecified atom stereocenters. The molecule has 2 rings (SSSR count). The van der Waals surface area contributed by atoms with Crippen LogP contribution in [0, 0.1) is 0 Å². The number of hydrogen-bond donors (Lipinski definition) is 1. The maximum Gasteiger partial charge on any atom is 0.242 e. The Bertz CT molecular complexity index is 740. The quantitative estimate of drug-likeness (QED) is 0.693. The summed E-state index contributed by atoms with van der Waals surface area (Å²) in [6.07, 6.45) is 0.353. The Morgan fingerprint density at radius 2 is 1.77 bits per heavy atom. The highest BCUT2D eigenvalue weighted by atomic mass is 35.5. The van der Waals surface area contributed by atoms with Crippen LogP contribution in [0.3, 0.4) is 0 Å². The van der Waals surface area contributed by atoms with Crippen LogP contribution in [0.1, 0.15) is 18.9 Å². The average Bonchev–Trinajstić information content (AvgIpc) is 2.67. The van der Waals surface area contributed by atoms with E-state index < -0.39 is 6.04 Å². The minimum absolute atomic E-state index is 0.0653. The number of carbonyl (C=O) groups is 2. The van der Waals surface area contributed by atoms with E-state index in [2.05, 4.69) is 5.32 Å². The zero-order chi connectivity index (χ0) is 18.9. The van der Waals surface area contributed by atoms with Gasteiger partial charge in [0.25, 0.3) is 0 Å². The molecule has 1 atom stereocenters. The number of rotatable bonds is 8. The summed E-state index contributed by atoms with van der Waals surface area (Å²) in [4.78, 5) is 27.6. The third-order valence-electron chi connectivity index (χ3n) is 4.04. The molecule has 4 nitrogen and oxygen atoms in total. The number of likely N-dealkylation sites (N-methyl/N-ethyl adjacent to an activating group) is 1. The van der Waals surface area contributed by atoms with Gasteiger partial charge in [-0.15, -0.1) is 11.8 Å². The standard InChI is InChI=1S/C20H23ClN2O2S/c1-15(20(25)22-2)23(14-16-8-6-7-11-18(16)21)19(24)12-13-26-17-9-4-3-5-10-17/h3-11,15H,12-14H2,1-2H3,(H,22,25)/t15-/m1/s1. The van der Waals surface area contributed by atoms with Gasteiger partial charge in [-0.05, 0) is 30.7 Å². The third kappa shape index (κ3) is 5.78. The van der Waals surface area contributed by atoms with Crippen LogP contribution < -0.4 is 5.32 Å². The molecule has 0 radical (unpaired) electrons. The molecule has 2 aromatic rings. The second-order valence-electron chi connectivity index (χ2n) is 5.81. The number of halogens is 1.